The molecule has 1 amide bonds. The number of phenols is 1. The first-order chi connectivity index (χ1) is 12.0. The van der Waals surface area contributed by atoms with Gasteiger partial charge in [-0.05, 0) is 59.6 Å². The molecule has 0 aliphatic carbocycles. The maximum absolute atomic E-state index is 11.8. The molecule has 2 rings (SSSR count). The Hall–Kier alpha value is -2.54. The Bertz CT molecular complexity index is 761. The van der Waals surface area contributed by atoms with Crippen molar-refractivity contribution in [3.8, 4) is 11.5 Å². The molecule has 132 valence electrons. The molecule has 0 spiro atoms. The monoisotopic (exact) mass is 405 g/mol. The van der Waals surface area contributed by atoms with E-state index in [2.05, 4.69) is 31.8 Å². The van der Waals surface area contributed by atoms with Gasteiger partial charge in [-0.2, -0.15) is 5.10 Å². The highest BCUT2D eigenvalue weighted by molar-refractivity contribution is 9.10. The molecule has 0 aliphatic heterocycles. The summed E-state index contributed by atoms with van der Waals surface area (Å²) in [4.78, 5) is 11.8. The highest BCUT2D eigenvalue weighted by Gasteiger charge is 2.08. The average molecular weight is 406 g/mol. The highest BCUT2D eigenvalue weighted by Crippen LogP contribution is 2.34. The van der Waals surface area contributed by atoms with Gasteiger partial charge in [0.2, 0.25) is 0 Å². The van der Waals surface area contributed by atoms with Crippen LogP contribution >= 0.6 is 15.9 Å². The zero-order valence-corrected chi connectivity index (χ0v) is 15.6. The Morgan fingerprint density at radius 2 is 2.04 bits per heavy atom. The fraction of sp³-hybridized carbons (Fsp3) is 0.222. The third-order valence-electron chi connectivity index (χ3n) is 3.26. The van der Waals surface area contributed by atoms with Crippen LogP contribution in [0.25, 0.3) is 0 Å². The van der Waals surface area contributed by atoms with Crippen LogP contribution in [0.3, 0.4) is 0 Å². The van der Waals surface area contributed by atoms with Crippen molar-refractivity contribution in [1.82, 2.24) is 5.43 Å². The predicted octanol–water partition coefficient (Wildman–Crippen LogP) is 3.42. The summed E-state index contributed by atoms with van der Waals surface area (Å²) in [6, 6.07) is 11.1. The molecule has 0 saturated heterocycles. The van der Waals surface area contributed by atoms with E-state index in [1.165, 1.54) is 6.21 Å². The lowest BCUT2D eigenvalue weighted by atomic mass is 10.2. The maximum Gasteiger partial charge on any atom is 0.259 e. The van der Waals surface area contributed by atoms with Crippen LogP contribution in [0.5, 0.6) is 11.5 Å². The Labute approximate surface area is 155 Å². The molecule has 0 atom stereocenters. The van der Waals surface area contributed by atoms with Gasteiger partial charge in [-0.25, -0.2) is 5.43 Å². The standard InChI is InChI=1S/C18H20BrN3O3/c1-3-25-16-9-13(8-15(19)18(16)24)10-21-22-17(23)11-20-14-6-4-12(2)5-7-14/h4-10,20,24H,3,11H2,1-2H3,(H,22,23). The molecule has 6 nitrogen and oxygen atoms in total. The van der Waals surface area contributed by atoms with E-state index in [4.69, 9.17) is 4.74 Å². The summed E-state index contributed by atoms with van der Waals surface area (Å²) >= 11 is 3.25. The second-order valence-corrected chi connectivity index (χ2v) is 6.15. The molecule has 2 aromatic carbocycles. The number of nitrogens with one attached hydrogen (secondary N) is 2. The summed E-state index contributed by atoms with van der Waals surface area (Å²) in [5.74, 6) is 0.121. The molecular weight excluding hydrogens is 386 g/mol. The van der Waals surface area contributed by atoms with Gasteiger partial charge in [-0.3, -0.25) is 4.79 Å². The van der Waals surface area contributed by atoms with Gasteiger partial charge in [0.1, 0.15) is 0 Å². The fourth-order valence-electron chi connectivity index (χ4n) is 2.01. The Balaban J connectivity index is 1.89. The first kappa shape index (κ1) is 18.8. The molecule has 7 heteroatoms. The van der Waals surface area contributed by atoms with Crippen molar-refractivity contribution >= 4 is 33.7 Å². The number of ether oxygens (including phenoxy) is 1. The van der Waals surface area contributed by atoms with Crippen LogP contribution in [0.2, 0.25) is 0 Å². The van der Waals surface area contributed by atoms with Crippen molar-refractivity contribution in [3.05, 3.63) is 52.0 Å². The molecule has 0 unspecified atom stereocenters. The van der Waals surface area contributed by atoms with Gasteiger partial charge < -0.3 is 15.2 Å². The predicted molar refractivity (Wildman–Crippen MR) is 102 cm³/mol. The molecular formula is C18H20BrN3O3. The number of halogens is 1. The summed E-state index contributed by atoms with van der Waals surface area (Å²) in [6.45, 7) is 4.38. The van der Waals surface area contributed by atoms with E-state index < -0.39 is 0 Å². The lowest BCUT2D eigenvalue weighted by Crippen LogP contribution is -2.25. The summed E-state index contributed by atoms with van der Waals surface area (Å²) in [6.07, 6.45) is 1.48. The van der Waals surface area contributed by atoms with E-state index in [0.717, 1.165) is 11.3 Å². The number of carbonyl (C=O) groups is 1. The molecule has 2 aromatic rings. The lowest BCUT2D eigenvalue weighted by Gasteiger charge is -2.08. The van der Waals surface area contributed by atoms with Gasteiger partial charge in [0.25, 0.3) is 5.91 Å². The van der Waals surface area contributed by atoms with Crippen LogP contribution in [-0.2, 0) is 4.79 Å². The molecule has 0 aliphatic rings. The van der Waals surface area contributed by atoms with Crippen molar-refractivity contribution in [3.63, 3.8) is 0 Å². The summed E-state index contributed by atoms with van der Waals surface area (Å²) in [5, 5.41) is 16.8. The number of aromatic hydroxyl groups is 1. The van der Waals surface area contributed by atoms with Crippen LogP contribution in [-0.4, -0.2) is 30.4 Å². The molecule has 0 radical (unpaired) electrons. The number of anilines is 1. The van der Waals surface area contributed by atoms with E-state index in [9.17, 15) is 9.90 Å². The Morgan fingerprint density at radius 1 is 1.32 bits per heavy atom. The first-order valence-corrected chi connectivity index (χ1v) is 8.56. The van der Waals surface area contributed by atoms with Gasteiger partial charge in [0.15, 0.2) is 11.5 Å². The molecule has 3 N–H and O–H groups in total. The first-order valence-electron chi connectivity index (χ1n) is 7.77. The molecule has 0 bridgehead atoms. The minimum atomic E-state index is -0.264. The normalized spacial score (nSPS) is 10.7. The molecule has 25 heavy (non-hydrogen) atoms. The molecule has 0 heterocycles. The largest absolute Gasteiger partial charge is 0.503 e. The maximum atomic E-state index is 11.8. The lowest BCUT2D eigenvalue weighted by molar-refractivity contribution is -0.119. The third-order valence-corrected chi connectivity index (χ3v) is 3.86. The van der Waals surface area contributed by atoms with Gasteiger partial charge in [0, 0.05) is 5.69 Å². The van der Waals surface area contributed by atoms with E-state index in [0.29, 0.717) is 22.4 Å². The molecule has 0 aromatic heterocycles. The average Bonchev–Trinajstić information content (AvgIpc) is 2.59. The van der Waals surface area contributed by atoms with Crippen LogP contribution in [0.15, 0.2) is 46.0 Å². The summed E-state index contributed by atoms with van der Waals surface area (Å²) in [7, 11) is 0. The molecule has 0 saturated carbocycles. The fourth-order valence-corrected chi connectivity index (χ4v) is 2.47. The number of carbonyl (C=O) groups excluding carboxylic acids is 1. The number of amides is 1. The van der Waals surface area contributed by atoms with E-state index in [1.807, 2.05) is 38.1 Å². The second-order valence-electron chi connectivity index (χ2n) is 5.30. The van der Waals surface area contributed by atoms with Gasteiger partial charge >= 0.3 is 0 Å². The minimum absolute atomic E-state index is 0.0327. The van der Waals surface area contributed by atoms with Gasteiger partial charge in [0.05, 0.1) is 23.8 Å². The number of benzene rings is 2. The number of hydrogen-bond acceptors (Lipinski definition) is 5. The zero-order valence-electron chi connectivity index (χ0n) is 14.0. The summed E-state index contributed by atoms with van der Waals surface area (Å²) < 4.78 is 5.84. The molecule has 0 fully saturated rings. The Kier molecular flexibility index (Phi) is 6.82. The van der Waals surface area contributed by atoms with E-state index in [-0.39, 0.29) is 18.2 Å². The van der Waals surface area contributed by atoms with Crippen LogP contribution < -0.4 is 15.5 Å². The number of aryl methyl sites for hydroxylation is 1. The summed E-state index contributed by atoms with van der Waals surface area (Å²) in [5.41, 5.74) is 5.16. The Morgan fingerprint density at radius 3 is 2.72 bits per heavy atom. The van der Waals surface area contributed by atoms with Crippen molar-refractivity contribution in [2.24, 2.45) is 5.10 Å². The van der Waals surface area contributed by atoms with E-state index in [1.54, 1.807) is 12.1 Å². The topological polar surface area (TPSA) is 83.0 Å². The highest BCUT2D eigenvalue weighted by atomic mass is 79.9. The second kappa shape index (κ2) is 9.08. The third kappa shape index (κ3) is 5.79. The van der Waals surface area contributed by atoms with E-state index >= 15 is 0 Å². The van der Waals surface area contributed by atoms with Gasteiger partial charge in [-0.1, -0.05) is 17.7 Å². The SMILES string of the molecule is CCOc1cc(C=NNC(=O)CNc2ccc(C)cc2)cc(Br)c1O. The van der Waals surface area contributed by atoms with Crippen molar-refractivity contribution in [2.45, 2.75) is 13.8 Å². The van der Waals surface area contributed by atoms with Crippen molar-refractivity contribution < 1.29 is 14.6 Å². The number of hydrazone groups is 1. The van der Waals surface area contributed by atoms with Crippen LogP contribution in [0, 0.1) is 6.92 Å². The van der Waals surface area contributed by atoms with Crippen LogP contribution in [0.4, 0.5) is 5.69 Å². The smallest absolute Gasteiger partial charge is 0.259 e. The number of rotatable bonds is 7. The van der Waals surface area contributed by atoms with Crippen molar-refractivity contribution in [1.29, 1.82) is 0 Å². The van der Waals surface area contributed by atoms with Gasteiger partial charge in [-0.15, -0.1) is 0 Å². The number of phenolic OH excluding ortho intramolecular Hbond substituents is 1. The number of hydrogen-bond donors (Lipinski definition) is 3. The van der Waals surface area contributed by atoms with Crippen molar-refractivity contribution in [2.75, 3.05) is 18.5 Å². The minimum Gasteiger partial charge on any atom is -0.503 e. The quantitative estimate of drug-likeness (QED) is 0.486. The number of nitrogens with zero attached hydrogens (tertiary/aromatic N) is 1. The van der Waals surface area contributed by atoms with Crippen LogP contribution in [0.1, 0.15) is 18.1 Å². The zero-order chi connectivity index (χ0) is 18.2.